The summed E-state index contributed by atoms with van der Waals surface area (Å²) < 4.78 is 1.74. The highest BCUT2D eigenvalue weighted by molar-refractivity contribution is 9.11. The smallest absolute Gasteiger partial charge is 0.269 e. The van der Waals surface area contributed by atoms with Crippen molar-refractivity contribution in [2.75, 3.05) is 0 Å². The van der Waals surface area contributed by atoms with E-state index in [0.29, 0.717) is 0 Å². The number of H-pyrrole nitrogens is 1. The van der Waals surface area contributed by atoms with Crippen LogP contribution in [0.3, 0.4) is 0 Å². The van der Waals surface area contributed by atoms with Crippen LogP contribution in [0, 0.1) is 20.2 Å². The van der Waals surface area contributed by atoms with Crippen molar-refractivity contribution >= 4 is 65.0 Å². The molecule has 5 aromatic rings. The van der Waals surface area contributed by atoms with E-state index in [2.05, 4.69) is 36.8 Å². The maximum absolute atomic E-state index is 11.0. The minimum absolute atomic E-state index is 0.0441. The molecule has 7 nitrogen and oxygen atoms in total. The maximum Gasteiger partial charge on any atom is 0.269 e. The van der Waals surface area contributed by atoms with Crippen molar-refractivity contribution in [1.82, 2.24) is 4.98 Å². The van der Waals surface area contributed by atoms with E-state index in [9.17, 15) is 20.2 Å². The number of benzene rings is 4. The molecule has 0 bridgehead atoms. The molecule has 0 aliphatic heterocycles. The lowest BCUT2D eigenvalue weighted by Crippen LogP contribution is -1.87. The number of aromatic amines is 1. The van der Waals surface area contributed by atoms with E-state index in [1.807, 2.05) is 24.3 Å². The second kappa shape index (κ2) is 8.09. The van der Waals surface area contributed by atoms with Crippen molar-refractivity contribution < 1.29 is 9.85 Å². The first-order chi connectivity index (χ1) is 15.8. The summed E-state index contributed by atoms with van der Waals surface area (Å²) in [7, 11) is 0. The molecule has 0 aliphatic carbocycles. The van der Waals surface area contributed by atoms with Crippen LogP contribution in [0.25, 0.3) is 44.1 Å². The van der Waals surface area contributed by atoms with Gasteiger partial charge in [0.15, 0.2) is 0 Å². The Kier molecular flexibility index (Phi) is 5.22. The van der Waals surface area contributed by atoms with Crippen molar-refractivity contribution in [3.8, 4) is 22.3 Å². The lowest BCUT2D eigenvalue weighted by atomic mass is 10.00. The minimum atomic E-state index is -0.417. The fourth-order valence-corrected chi connectivity index (χ4v) is 5.02. The summed E-state index contributed by atoms with van der Waals surface area (Å²) in [5, 5.41) is 23.9. The van der Waals surface area contributed by atoms with Crippen molar-refractivity contribution in [2.24, 2.45) is 0 Å². The summed E-state index contributed by atoms with van der Waals surface area (Å²) in [6.45, 7) is 0. The summed E-state index contributed by atoms with van der Waals surface area (Å²) in [4.78, 5) is 24.6. The molecule has 0 spiro atoms. The van der Waals surface area contributed by atoms with Gasteiger partial charge in [-0.05, 0) is 103 Å². The van der Waals surface area contributed by atoms with Crippen LogP contribution < -0.4 is 0 Å². The van der Waals surface area contributed by atoms with Crippen LogP contribution in [0.15, 0.2) is 81.7 Å². The van der Waals surface area contributed by atoms with Crippen LogP contribution in [0.4, 0.5) is 11.4 Å². The van der Waals surface area contributed by atoms with E-state index in [4.69, 9.17) is 0 Å². The molecule has 0 saturated carbocycles. The van der Waals surface area contributed by atoms with Crippen molar-refractivity contribution in [2.45, 2.75) is 0 Å². The molecule has 33 heavy (non-hydrogen) atoms. The number of hydrogen-bond acceptors (Lipinski definition) is 4. The van der Waals surface area contributed by atoms with Crippen molar-refractivity contribution in [3.05, 3.63) is 102 Å². The van der Waals surface area contributed by atoms with Gasteiger partial charge in [0.25, 0.3) is 11.4 Å². The van der Waals surface area contributed by atoms with Crippen LogP contribution >= 0.6 is 31.9 Å². The summed E-state index contributed by atoms with van der Waals surface area (Å²) >= 11 is 7.30. The summed E-state index contributed by atoms with van der Waals surface area (Å²) in [5.41, 5.74) is 5.51. The number of non-ortho nitro benzene ring substituents is 2. The first-order valence-corrected chi connectivity index (χ1v) is 11.3. The van der Waals surface area contributed by atoms with E-state index >= 15 is 0 Å². The van der Waals surface area contributed by atoms with Crippen molar-refractivity contribution in [1.29, 1.82) is 0 Å². The quantitative estimate of drug-likeness (QED) is 0.176. The number of hydrogen-bond donors (Lipinski definition) is 1. The number of nitro benzene ring substituents is 2. The second-order valence-electron chi connectivity index (χ2n) is 7.49. The lowest BCUT2D eigenvalue weighted by molar-refractivity contribution is -0.385. The standard InChI is InChI=1S/C24H13Br2N3O4/c25-21-11-15(13-1-5-17(6-2-13)28(30)31)9-19-20-10-16(12-22(26)24(20)27-23(19)21)14-3-7-18(8-4-14)29(32)33/h1-12,27H. The molecule has 0 atom stereocenters. The molecule has 4 aromatic carbocycles. The van der Waals surface area contributed by atoms with Crippen LogP contribution in [-0.2, 0) is 0 Å². The first-order valence-electron chi connectivity index (χ1n) is 9.76. The fourth-order valence-electron chi connectivity index (χ4n) is 3.90. The average molecular weight is 567 g/mol. The molecule has 0 fully saturated rings. The largest absolute Gasteiger partial charge is 0.353 e. The molecule has 162 valence electrons. The highest BCUT2D eigenvalue weighted by Crippen LogP contribution is 2.40. The van der Waals surface area contributed by atoms with Crippen LogP contribution in [-0.4, -0.2) is 14.8 Å². The molecule has 0 amide bonds. The SMILES string of the molecule is O=[N+]([O-])c1ccc(-c2cc(Br)c3[nH]c4c(Br)cc(-c5ccc([N+](=O)[O-])cc5)cc4c3c2)cc1. The number of halogens is 2. The van der Waals surface area contributed by atoms with Gasteiger partial charge in [-0.25, -0.2) is 0 Å². The summed E-state index contributed by atoms with van der Waals surface area (Å²) in [5.74, 6) is 0. The first kappa shape index (κ1) is 21.3. The molecule has 1 aromatic heterocycles. The zero-order valence-electron chi connectivity index (χ0n) is 16.7. The molecule has 0 radical (unpaired) electrons. The van der Waals surface area contributed by atoms with E-state index in [1.165, 1.54) is 24.3 Å². The van der Waals surface area contributed by atoms with Gasteiger partial charge in [0.05, 0.1) is 20.9 Å². The van der Waals surface area contributed by atoms with Gasteiger partial charge in [-0.2, -0.15) is 0 Å². The highest BCUT2D eigenvalue weighted by atomic mass is 79.9. The normalized spacial score (nSPS) is 11.2. The third-order valence-electron chi connectivity index (χ3n) is 5.54. The maximum atomic E-state index is 11.0. The van der Waals surface area contributed by atoms with E-state index < -0.39 is 9.85 Å². The molecule has 0 aliphatic rings. The third-order valence-corrected chi connectivity index (χ3v) is 6.79. The molecule has 1 N–H and O–H groups in total. The third kappa shape index (κ3) is 3.79. The predicted molar refractivity (Wildman–Crippen MR) is 135 cm³/mol. The predicted octanol–water partition coefficient (Wildman–Crippen LogP) is 8.00. The topological polar surface area (TPSA) is 102 Å². The fraction of sp³-hybridized carbons (Fsp3) is 0. The summed E-state index contributed by atoms with van der Waals surface area (Å²) in [6.07, 6.45) is 0. The van der Waals surface area contributed by atoms with Gasteiger partial charge >= 0.3 is 0 Å². The molecule has 9 heteroatoms. The number of nitrogens with one attached hydrogen (secondary N) is 1. The van der Waals surface area contributed by atoms with Gasteiger partial charge in [-0.3, -0.25) is 20.2 Å². The molecule has 0 unspecified atom stereocenters. The molecule has 1 heterocycles. The number of nitrogens with zero attached hydrogens (tertiary/aromatic N) is 2. The molecular formula is C24H13Br2N3O4. The molecule has 0 saturated heterocycles. The van der Waals surface area contributed by atoms with Gasteiger partial charge in [-0.15, -0.1) is 0 Å². The van der Waals surface area contributed by atoms with Crippen LogP contribution in [0.2, 0.25) is 0 Å². The number of fused-ring (bicyclic) bond motifs is 3. The Morgan fingerprint density at radius 1 is 0.576 bits per heavy atom. The number of aromatic nitrogens is 1. The average Bonchev–Trinajstić information content (AvgIpc) is 3.19. The Hall–Kier alpha value is -3.56. The van der Waals surface area contributed by atoms with E-state index in [1.54, 1.807) is 24.3 Å². The van der Waals surface area contributed by atoms with Crippen LogP contribution in [0.1, 0.15) is 0 Å². The lowest BCUT2D eigenvalue weighted by Gasteiger charge is -2.06. The van der Waals surface area contributed by atoms with Gasteiger partial charge in [-0.1, -0.05) is 0 Å². The number of nitro groups is 2. The van der Waals surface area contributed by atoms with Gasteiger partial charge in [0.1, 0.15) is 0 Å². The van der Waals surface area contributed by atoms with Gasteiger partial charge in [0.2, 0.25) is 0 Å². The van der Waals surface area contributed by atoms with Gasteiger partial charge in [0, 0.05) is 44.0 Å². The zero-order valence-corrected chi connectivity index (χ0v) is 19.9. The summed E-state index contributed by atoms with van der Waals surface area (Å²) in [6, 6.07) is 21.0. The zero-order chi connectivity index (χ0) is 23.3. The van der Waals surface area contributed by atoms with Crippen LogP contribution in [0.5, 0.6) is 0 Å². The Balaban J connectivity index is 1.68. The monoisotopic (exact) mass is 565 g/mol. The molecular weight excluding hydrogens is 554 g/mol. The van der Waals surface area contributed by atoms with E-state index in [0.717, 1.165) is 53.0 Å². The minimum Gasteiger partial charge on any atom is -0.353 e. The van der Waals surface area contributed by atoms with E-state index in [-0.39, 0.29) is 11.4 Å². The number of rotatable bonds is 4. The van der Waals surface area contributed by atoms with Crippen molar-refractivity contribution in [3.63, 3.8) is 0 Å². The second-order valence-corrected chi connectivity index (χ2v) is 9.20. The van der Waals surface area contributed by atoms with Gasteiger partial charge < -0.3 is 4.98 Å². The highest BCUT2D eigenvalue weighted by Gasteiger charge is 2.15. The molecule has 5 rings (SSSR count). The Bertz CT molecular complexity index is 1460. The Morgan fingerprint density at radius 3 is 1.27 bits per heavy atom. The Morgan fingerprint density at radius 2 is 0.939 bits per heavy atom. The Labute approximate surface area is 203 Å².